The summed E-state index contributed by atoms with van der Waals surface area (Å²) in [7, 11) is 3.88. The molecule has 0 bridgehead atoms. The van der Waals surface area contributed by atoms with Gasteiger partial charge in [-0.15, -0.1) is 0 Å². The van der Waals surface area contributed by atoms with Gasteiger partial charge in [-0.3, -0.25) is 4.79 Å². The first kappa shape index (κ1) is 14.2. The van der Waals surface area contributed by atoms with Crippen LogP contribution in [0.15, 0.2) is 6.07 Å². The van der Waals surface area contributed by atoms with Gasteiger partial charge in [-0.25, -0.2) is 4.98 Å². The minimum Gasteiger partial charge on any atom is -0.363 e. The lowest BCUT2D eigenvalue weighted by molar-refractivity contribution is -0.120. The molecule has 1 amide bonds. The van der Waals surface area contributed by atoms with Crippen LogP contribution in [0.25, 0.3) is 0 Å². The molecule has 0 aromatic carbocycles. The number of aryl methyl sites for hydroxylation is 1. The van der Waals surface area contributed by atoms with Crippen molar-refractivity contribution in [3.8, 4) is 0 Å². The summed E-state index contributed by atoms with van der Waals surface area (Å²) in [5.41, 5.74) is 0.911. The lowest BCUT2D eigenvalue weighted by Gasteiger charge is -2.13. The number of hydrogen-bond acceptors (Lipinski definition) is 5. The number of rotatable bonds is 6. The van der Waals surface area contributed by atoms with E-state index in [0.29, 0.717) is 25.5 Å². The number of nitrogens with zero attached hydrogens (tertiary/aromatic N) is 3. The zero-order valence-corrected chi connectivity index (χ0v) is 11.4. The Morgan fingerprint density at radius 3 is 2.67 bits per heavy atom. The van der Waals surface area contributed by atoms with Crippen LogP contribution in [0.1, 0.15) is 19.0 Å². The molecule has 0 saturated carbocycles. The molecular formula is C12H21N5O. The average Bonchev–Trinajstić information content (AvgIpc) is 2.33. The average molecular weight is 251 g/mol. The van der Waals surface area contributed by atoms with Gasteiger partial charge in [0.05, 0.1) is 0 Å². The quantitative estimate of drug-likeness (QED) is 0.731. The van der Waals surface area contributed by atoms with Crippen molar-refractivity contribution in [3.05, 3.63) is 11.8 Å². The summed E-state index contributed by atoms with van der Waals surface area (Å²) < 4.78 is 0. The fraction of sp³-hybridized carbons (Fsp3) is 0.583. The van der Waals surface area contributed by atoms with E-state index in [9.17, 15) is 4.79 Å². The molecule has 1 aromatic heterocycles. The summed E-state index contributed by atoms with van der Waals surface area (Å²) in [6.07, 6.45) is 0.506. The molecule has 1 rings (SSSR count). The van der Waals surface area contributed by atoms with Crippen LogP contribution in [0.2, 0.25) is 0 Å². The second-order valence-corrected chi connectivity index (χ2v) is 4.22. The first-order valence-corrected chi connectivity index (χ1v) is 6.06. The van der Waals surface area contributed by atoms with Gasteiger partial charge in [-0.2, -0.15) is 4.98 Å². The van der Waals surface area contributed by atoms with Crippen LogP contribution in [0.4, 0.5) is 11.8 Å². The van der Waals surface area contributed by atoms with E-state index in [-0.39, 0.29) is 5.91 Å². The van der Waals surface area contributed by atoms with Gasteiger partial charge in [-0.1, -0.05) is 6.92 Å². The van der Waals surface area contributed by atoms with Gasteiger partial charge < -0.3 is 15.5 Å². The van der Waals surface area contributed by atoms with Crippen molar-refractivity contribution >= 4 is 17.7 Å². The molecule has 0 spiro atoms. The van der Waals surface area contributed by atoms with Crippen molar-refractivity contribution < 1.29 is 4.79 Å². The van der Waals surface area contributed by atoms with E-state index >= 15 is 0 Å². The Morgan fingerprint density at radius 1 is 1.33 bits per heavy atom. The monoisotopic (exact) mass is 251 g/mol. The highest BCUT2D eigenvalue weighted by Gasteiger charge is 2.03. The standard InChI is InChI=1S/C12H21N5O/c1-5-11(18)13-6-7-14-12-15-9(2)8-10(16-12)17(3)4/h8H,5-7H2,1-4H3,(H,13,18)(H,14,15,16). The van der Waals surface area contributed by atoms with E-state index in [1.807, 2.05) is 38.9 Å². The van der Waals surface area contributed by atoms with E-state index in [4.69, 9.17) is 0 Å². The van der Waals surface area contributed by atoms with Crippen molar-refractivity contribution in [3.63, 3.8) is 0 Å². The number of anilines is 2. The van der Waals surface area contributed by atoms with Gasteiger partial charge in [0.2, 0.25) is 11.9 Å². The van der Waals surface area contributed by atoms with E-state index < -0.39 is 0 Å². The largest absolute Gasteiger partial charge is 0.363 e. The lowest BCUT2D eigenvalue weighted by Crippen LogP contribution is -2.28. The molecule has 100 valence electrons. The molecule has 0 atom stereocenters. The maximum absolute atomic E-state index is 11.0. The highest BCUT2D eigenvalue weighted by molar-refractivity contribution is 5.75. The van der Waals surface area contributed by atoms with Gasteiger partial charge >= 0.3 is 0 Å². The summed E-state index contributed by atoms with van der Waals surface area (Å²) in [6.45, 7) is 4.94. The maximum Gasteiger partial charge on any atom is 0.224 e. The smallest absolute Gasteiger partial charge is 0.224 e. The molecule has 6 nitrogen and oxygen atoms in total. The Balaban J connectivity index is 2.49. The molecule has 0 saturated heterocycles. The second-order valence-electron chi connectivity index (χ2n) is 4.22. The number of nitrogens with one attached hydrogen (secondary N) is 2. The SMILES string of the molecule is CCC(=O)NCCNc1nc(C)cc(N(C)C)n1. The zero-order valence-electron chi connectivity index (χ0n) is 11.4. The Hall–Kier alpha value is -1.85. The second kappa shape index (κ2) is 6.78. The number of carbonyl (C=O) groups is 1. The van der Waals surface area contributed by atoms with Crippen LogP contribution < -0.4 is 15.5 Å². The molecule has 0 aliphatic rings. The van der Waals surface area contributed by atoms with E-state index in [1.165, 1.54) is 0 Å². The molecule has 0 fully saturated rings. The van der Waals surface area contributed by atoms with Gasteiger partial charge in [0.1, 0.15) is 5.82 Å². The molecule has 1 heterocycles. The van der Waals surface area contributed by atoms with Crippen LogP contribution in [0, 0.1) is 6.92 Å². The van der Waals surface area contributed by atoms with Crippen molar-refractivity contribution in [1.29, 1.82) is 0 Å². The third-order valence-electron chi connectivity index (χ3n) is 2.35. The molecule has 0 radical (unpaired) electrons. The van der Waals surface area contributed by atoms with Gasteiger partial charge in [0, 0.05) is 45.4 Å². The number of carbonyl (C=O) groups excluding carboxylic acids is 1. The summed E-state index contributed by atoms with van der Waals surface area (Å²) >= 11 is 0. The fourth-order valence-electron chi connectivity index (χ4n) is 1.36. The van der Waals surface area contributed by atoms with Crippen molar-refractivity contribution in [2.45, 2.75) is 20.3 Å². The highest BCUT2D eigenvalue weighted by atomic mass is 16.1. The van der Waals surface area contributed by atoms with Gasteiger partial charge in [0.25, 0.3) is 0 Å². The first-order valence-electron chi connectivity index (χ1n) is 6.06. The van der Waals surface area contributed by atoms with Crippen LogP contribution >= 0.6 is 0 Å². The van der Waals surface area contributed by atoms with E-state index in [2.05, 4.69) is 20.6 Å². The van der Waals surface area contributed by atoms with Crippen molar-refractivity contribution in [2.75, 3.05) is 37.4 Å². The summed E-state index contributed by atoms with van der Waals surface area (Å²) in [4.78, 5) is 21.6. The maximum atomic E-state index is 11.0. The van der Waals surface area contributed by atoms with Gasteiger partial charge in [0.15, 0.2) is 0 Å². The number of aromatic nitrogens is 2. The molecule has 0 aliphatic heterocycles. The normalized spacial score (nSPS) is 10.0. The molecule has 18 heavy (non-hydrogen) atoms. The zero-order chi connectivity index (χ0) is 13.5. The predicted octanol–water partition coefficient (Wildman–Crippen LogP) is 0.789. The molecule has 0 unspecified atom stereocenters. The molecule has 6 heteroatoms. The Labute approximate surface area is 108 Å². The third kappa shape index (κ3) is 4.57. The number of amides is 1. The first-order chi connectivity index (χ1) is 8.52. The summed E-state index contributed by atoms with van der Waals surface area (Å²) in [5, 5.41) is 5.88. The fourth-order valence-corrected chi connectivity index (χ4v) is 1.36. The van der Waals surface area contributed by atoms with Gasteiger partial charge in [-0.05, 0) is 6.92 Å². The Bertz CT molecular complexity index is 405. The lowest BCUT2D eigenvalue weighted by atomic mass is 10.4. The predicted molar refractivity (Wildman–Crippen MR) is 72.9 cm³/mol. The Morgan fingerprint density at radius 2 is 2.06 bits per heavy atom. The van der Waals surface area contributed by atoms with Crippen molar-refractivity contribution in [1.82, 2.24) is 15.3 Å². The van der Waals surface area contributed by atoms with Crippen molar-refractivity contribution in [2.24, 2.45) is 0 Å². The Kier molecular flexibility index (Phi) is 5.35. The summed E-state index contributed by atoms with van der Waals surface area (Å²) in [5.74, 6) is 1.50. The topological polar surface area (TPSA) is 70.2 Å². The highest BCUT2D eigenvalue weighted by Crippen LogP contribution is 2.11. The van der Waals surface area contributed by atoms with Crippen LogP contribution in [0.3, 0.4) is 0 Å². The molecule has 2 N–H and O–H groups in total. The van der Waals surface area contributed by atoms with E-state index in [1.54, 1.807) is 0 Å². The molecule has 0 aliphatic carbocycles. The van der Waals surface area contributed by atoms with E-state index in [0.717, 1.165) is 11.5 Å². The molecular weight excluding hydrogens is 230 g/mol. The van der Waals surface area contributed by atoms with Crippen LogP contribution in [-0.2, 0) is 4.79 Å². The minimum absolute atomic E-state index is 0.0518. The molecule has 1 aromatic rings. The van der Waals surface area contributed by atoms with Crippen LogP contribution in [0.5, 0.6) is 0 Å². The van der Waals surface area contributed by atoms with Crippen LogP contribution in [-0.4, -0.2) is 43.1 Å². The number of hydrogen-bond donors (Lipinski definition) is 2. The summed E-state index contributed by atoms with van der Waals surface area (Å²) in [6, 6.07) is 1.92. The minimum atomic E-state index is 0.0518. The third-order valence-corrected chi connectivity index (χ3v) is 2.35.